The first-order valence-electron chi connectivity index (χ1n) is 11.5. The predicted octanol–water partition coefficient (Wildman–Crippen LogP) is 7.06. The summed E-state index contributed by atoms with van der Waals surface area (Å²) in [5.74, 6) is -0.139. The van der Waals surface area contributed by atoms with Crippen molar-refractivity contribution in [1.82, 2.24) is 4.57 Å². The zero-order valence-corrected chi connectivity index (χ0v) is 21.1. The van der Waals surface area contributed by atoms with E-state index in [9.17, 15) is 15.2 Å². The molecule has 178 valence electrons. The molecule has 1 aliphatic rings. The summed E-state index contributed by atoms with van der Waals surface area (Å²) in [6, 6.07) is 11.7. The van der Waals surface area contributed by atoms with E-state index in [1.807, 2.05) is 33.0 Å². The van der Waals surface area contributed by atoms with Gasteiger partial charge < -0.3 is 14.4 Å². The molecular weight excluding hydrogens is 471 g/mol. The molecule has 2 aromatic carbocycles. The molecule has 1 aliphatic carbocycles. The van der Waals surface area contributed by atoms with Crippen LogP contribution in [0.3, 0.4) is 0 Å². The van der Waals surface area contributed by atoms with E-state index in [-0.39, 0.29) is 6.10 Å². The van der Waals surface area contributed by atoms with Crippen LogP contribution in [-0.2, 0) is 18.3 Å². The van der Waals surface area contributed by atoms with Crippen LogP contribution in [0.15, 0.2) is 30.3 Å². The molecule has 1 fully saturated rings. The van der Waals surface area contributed by atoms with Gasteiger partial charge in [0.05, 0.1) is 28.2 Å². The van der Waals surface area contributed by atoms with Gasteiger partial charge in [-0.2, -0.15) is 5.26 Å². The zero-order valence-electron chi connectivity index (χ0n) is 19.6. The van der Waals surface area contributed by atoms with Crippen molar-refractivity contribution < 1.29 is 14.6 Å². The molecule has 3 aromatic rings. The highest BCUT2D eigenvalue weighted by molar-refractivity contribution is 6.37. The van der Waals surface area contributed by atoms with Gasteiger partial charge in [0, 0.05) is 35.1 Å². The summed E-state index contributed by atoms with van der Waals surface area (Å²) in [5.41, 5.74) is 3.84. The second kappa shape index (κ2) is 9.52. The van der Waals surface area contributed by atoms with Gasteiger partial charge in [0.25, 0.3) is 0 Å². The van der Waals surface area contributed by atoms with Crippen LogP contribution in [0, 0.1) is 23.7 Å². The van der Waals surface area contributed by atoms with Gasteiger partial charge in [-0.3, -0.25) is 4.79 Å². The highest BCUT2D eigenvalue weighted by atomic mass is 35.5. The van der Waals surface area contributed by atoms with Crippen LogP contribution in [0.4, 0.5) is 0 Å². The molecule has 5 nitrogen and oxygen atoms in total. The monoisotopic (exact) mass is 498 g/mol. The Balaban J connectivity index is 1.59. The molecule has 1 aromatic heterocycles. The maximum atomic E-state index is 11.7. The lowest BCUT2D eigenvalue weighted by Gasteiger charge is -2.36. The van der Waals surface area contributed by atoms with Crippen molar-refractivity contribution in [2.24, 2.45) is 12.5 Å². The largest absolute Gasteiger partial charge is 0.489 e. The molecule has 0 bridgehead atoms. The number of carboxylic acids is 1. The first kappa shape index (κ1) is 24.4. The van der Waals surface area contributed by atoms with E-state index in [0.29, 0.717) is 59.9 Å². The first-order valence-corrected chi connectivity index (χ1v) is 12.3. The number of rotatable bonds is 6. The van der Waals surface area contributed by atoms with E-state index in [0.717, 1.165) is 27.7 Å². The summed E-state index contributed by atoms with van der Waals surface area (Å²) in [5, 5.41) is 21.1. The molecule has 1 N–H and O–H groups in total. The predicted molar refractivity (Wildman–Crippen MR) is 135 cm³/mol. The SMILES string of the molecule is CCC1(C(=O)O)CCC(Oc2ccc(Cl)c(Cc3cc4c(C)cc(C#N)cc4n3C)c2Cl)CC1. The number of hydrogen-bond acceptors (Lipinski definition) is 3. The molecule has 0 unspecified atom stereocenters. The van der Waals surface area contributed by atoms with Crippen LogP contribution in [0.25, 0.3) is 10.9 Å². The number of carboxylic acid groups (broad SMARTS) is 1. The van der Waals surface area contributed by atoms with E-state index in [2.05, 4.69) is 16.7 Å². The number of nitrogens with zero attached hydrogens (tertiary/aromatic N) is 2. The average molecular weight is 499 g/mol. The van der Waals surface area contributed by atoms with E-state index >= 15 is 0 Å². The molecule has 7 heteroatoms. The highest BCUT2D eigenvalue weighted by Crippen LogP contribution is 2.42. The van der Waals surface area contributed by atoms with Gasteiger partial charge in [-0.15, -0.1) is 0 Å². The fourth-order valence-corrected chi connectivity index (χ4v) is 5.62. The number of aliphatic carboxylic acids is 1. The van der Waals surface area contributed by atoms with Gasteiger partial charge in [0.15, 0.2) is 0 Å². The number of aryl methyl sites for hydroxylation is 2. The molecule has 0 spiro atoms. The van der Waals surface area contributed by atoms with Gasteiger partial charge in [-0.1, -0.05) is 30.1 Å². The van der Waals surface area contributed by atoms with E-state index in [1.54, 1.807) is 12.1 Å². The van der Waals surface area contributed by atoms with Gasteiger partial charge in [0.2, 0.25) is 0 Å². The number of ether oxygens (including phenoxy) is 1. The van der Waals surface area contributed by atoms with E-state index in [1.165, 1.54) is 0 Å². The molecule has 0 amide bonds. The van der Waals surface area contributed by atoms with Crippen LogP contribution in [-0.4, -0.2) is 21.7 Å². The molecule has 1 saturated carbocycles. The minimum Gasteiger partial charge on any atom is -0.489 e. The molecular formula is C27H28Cl2N2O3. The molecule has 1 heterocycles. The summed E-state index contributed by atoms with van der Waals surface area (Å²) in [7, 11) is 1.98. The Kier molecular flexibility index (Phi) is 6.85. The van der Waals surface area contributed by atoms with Gasteiger partial charge in [-0.25, -0.2) is 0 Å². The minimum absolute atomic E-state index is 0.0739. The Bertz CT molecular complexity index is 1300. The van der Waals surface area contributed by atoms with Crippen molar-refractivity contribution in [3.63, 3.8) is 0 Å². The molecule has 0 saturated heterocycles. The lowest BCUT2D eigenvalue weighted by atomic mass is 9.71. The maximum Gasteiger partial charge on any atom is 0.309 e. The molecule has 4 rings (SSSR count). The quantitative estimate of drug-likeness (QED) is 0.394. The molecule has 0 atom stereocenters. The number of halogens is 2. The number of nitriles is 1. The van der Waals surface area contributed by atoms with Crippen molar-refractivity contribution in [3.8, 4) is 11.8 Å². The smallest absolute Gasteiger partial charge is 0.309 e. The van der Waals surface area contributed by atoms with Crippen molar-refractivity contribution in [2.75, 3.05) is 0 Å². The maximum absolute atomic E-state index is 11.7. The summed E-state index contributed by atoms with van der Waals surface area (Å²) in [6.45, 7) is 3.94. The minimum atomic E-state index is -0.715. The lowest BCUT2D eigenvalue weighted by molar-refractivity contribution is -0.152. The average Bonchev–Trinajstić information content (AvgIpc) is 3.14. The molecule has 0 radical (unpaired) electrons. The molecule has 34 heavy (non-hydrogen) atoms. The number of hydrogen-bond donors (Lipinski definition) is 1. The Morgan fingerprint density at radius 1 is 1.26 bits per heavy atom. The van der Waals surface area contributed by atoms with Crippen molar-refractivity contribution in [1.29, 1.82) is 5.26 Å². The zero-order chi connectivity index (χ0) is 24.6. The third kappa shape index (κ3) is 4.37. The van der Waals surface area contributed by atoms with Crippen LogP contribution < -0.4 is 4.74 Å². The van der Waals surface area contributed by atoms with Crippen LogP contribution in [0.2, 0.25) is 10.0 Å². The fraction of sp³-hybridized carbons (Fsp3) is 0.407. The Hall–Kier alpha value is -2.68. The van der Waals surface area contributed by atoms with Crippen LogP contribution in [0.1, 0.15) is 61.4 Å². The Morgan fingerprint density at radius 3 is 2.59 bits per heavy atom. The Labute approximate surface area is 209 Å². The van der Waals surface area contributed by atoms with Gasteiger partial charge in [-0.05, 0) is 80.5 Å². The summed E-state index contributed by atoms with van der Waals surface area (Å²) in [6.07, 6.45) is 3.63. The van der Waals surface area contributed by atoms with E-state index < -0.39 is 11.4 Å². The number of fused-ring (bicyclic) bond motifs is 1. The third-order valence-electron chi connectivity index (χ3n) is 7.42. The van der Waals surface area contributed by atoms with Gasteiger partial charge in [0.1, 0.15) is 5.75 Å². The number of carbonyl (C=O) groups is 1. The van der Waals surface area contributed by atoms with Gasteiger partial charge >= 0.3 is 5.97 Å². The topological polar surface area (TPSA) is 75.2 Å². The number of benzene rings is 2. The second-order valence-corrected chi connectivity index (χ2v) is 10.1. The van der Waals surface area contributed by atoms with Crippen molar-refractivity contribution in [2.45, 2.75) is 58.5 Å². The molecule has 0 aliphatic heterocycles. The summed E-state index contributed by atoms with van der Waals surface area (Å²) < 4.78 is 8.32. The summed E-state index contributed by atoms with van der Waals surface area (Å²) >= 11 is 13.3. The Morgan fingerprint density at radius 2 is 1.97 bits per heavy atom. The van der Waals surface area contributed by atoms with Crippen LogP contribution in [0.5, 0.6) is 5.75 Å². The normalized spacial score (nSPS) is 20.3. The third-order valence-corrected chi connectivity index (χ3v) is 8.19. The first-order chi connectivity index (χ1) is 16.2. The van der Waals surface area contributed by atoms with Crippen molar-refractivity contribution >= 4 is 40.1 Å². The lowest BCUT2D eigenvalue weighted by Crippen LogP contribution is -2.37. The highest BCUT2D eigenvalue weighted by Gasteiger charge is 2.41. The van der Waals surface area contributed by atoms with E-state index in [4.69, 9.17) is 27.9 Å². The van der Waals surface area contributed by atoms with Crippen molar-refractivity contribution in [3.05, 3.63) is 62.8 Å². The second-order valence-electron chi connectivity index (χ2n) is 9.30. The standard InChI is InChI=1S/C27H28Cl2N2O3/c1-4-27(26(32)33)9-7-19(8-10-27)34-24-6-5-22(28)21(25(24)29)14-18-13-20-16(2)11-17(15-30)12-23(20)31(18)3/h5-6,11-13,19H,4,7-10,14H2,1-3H3,(H,32,33). The number of aromatic nitrogens is 1. The fourth-order valence-electron chi connectivity index (χ4n) is 5.07. The summed E-state index contributed by atoms with van der Waals surface area (Å²) in [4.78, 5) is 11.7. The van der Waals surface area contributed by atoms with Crippen LogP contribution >= 0.6 is 23.2 Å².